The van der Waals surface area contributed by atoms with E-state index in [0.29, 0.717) is 28.2 Å². The summed E-state index contributed by atoms with van der Waals surface area (Å²) in [6.45, 7) is 7.59. The maximum atomic E-state index is 13.2. The van der Waals surface area contributed by atoms with Crippen molar-refractivity contribution >= 4 is 58.0 Å². The predicted octanol–water partition coefficient (Wildman–Crippen LogP) is 6.64. The van der Waals surface area contributed by atoms with Crippen LogP contribution >= 0.6 is 18.7 Å². The van der Waals surface area contributed by atoms with Gasteiger partial charge in [0.05, 0.1) is 24.7 Å². The van der Waals surface area contributed by atoms with Gasteiger partial charge in [-0.3, -0.25) is 0 Å². The molecule has 0 saturated carbocycles. The second kappa shape index (κ2) is 9.05. The summed E-state index contributed by atoms with van der Waals surface area (Å²) in [4.78, 5) is 8.90. The van der Waals surface area contributed by atoms with Crippen LogP contribution in [-0.4, -0.2) is 30.4 Å². The summed E-state index contributed by atoms with van der Waals surface area (Å²) < 4.78 is 18.7. The Labute approximate surface area is 198 Å². The lowest BCUT2D eigenvalue weighted by atomic mass is 10.1. The number of hydrogen-bond acceptors (Lipinski definition) is 6. The molecule has 0 aliphatic heterocycles. The van der Waals surface area contributed by atoms with Crippen LogP contribution in [0.25, 0.3) is 10.8 Å². The SMILES string of the molecule is COc1cc(C)c(C)cc1Nc1ncc(Cl)c(Nc2ccc3ccccc3c2P(C)(C)=O)n1. The molecule has 0 spiro atoms. The van der Waals surface area contributed by atoms with E-state index in [-0.39, 0.29) is 0 Å². The minimum Gasteiger partial charge on any atom is -0.495 e. The molecule has 0 unspecified atom stereocenters. The van der Waals surface area contributed by atoms with Crippen molar-refractivity contribution in [1.82, 2.24) is 9.97 Å². The van der Waals surface area contributed by atoms with Gasteiger partial charge in [0.2, 0.25) is 5.95 Å². The Bertz CT molecular complexity index is 1400. The van der Waals surface area contributed by atoms with E-state index in [2.05, 4.69) is 20.6 Å². The third-order valence-electron chi connectivity index (χ3n) is 5.50. The van der Waals surface area contributed by atoms with Crippen molar-refractivity contribution in [3.63, 3.8) is 0 Å². The van der Waals surface area contributed by atoms with Gasteiger partial charge in [0.15, 0.2) is 5.82 Å². The van der Waals surface area contributed by atoms with Gasteiger partial charge in [-0.25, -0.2) is 4.98 Å². The van der Waals surface area contributed by atoms with Crippen LogP contribution in [0.4, 0.5) is 23.1 Å². The van der Waals surface area contributed by atoms with Gasteiger partial charge in [-0.05, 0) is 67.3 Å². The van der Waals surface area contributed by atoms with Gasteiger partial charge in [-0.1, -0.05) is 41.9 Å². The van der Waals surface area contributed by atoms with Crippen LogP contribution in [0.15, 0.2) is 54.7 Å². The summed E-state index contributed by atoms with van der Waals surface area (Å²) in [5.41, 5.74) is 3.71. The Hall–Kier alpha value is -3.08. The zero-order valence-corrected chi connectivity index (χ0v) is 20.9. The first-order valence-electron chi connectivity index (χ1n) is 10.5. The van der Waals surface area contributed by atoms with Gasteiger partial charge in [-0.15, -0.1) is 0 Å². The van der Waals surface area contributed by atoms with Crippen LogP contribution < -0.4 is 20.7 Å². The van der Waals surface area contributed by atoms with E-state index < -0.39 is 7.14 Å². The predicted molar refractivity (Wildman–Crippen MR) is 139 cm³/mol. The molecule has 0 amide bonds. The summed E-state index contributed by atoms with van der Waals surface area (Å²) in [6.07, 6.45) is 1.53. The third-order valence-corrected chi connectivity index (χ3v) is 7.33. The van der Waals surface area contributed by atoms with Crippen molar-refractivity contribution in [2.45, 2.75) is 13.8 Å². The van der Waals surface area contributed by atoms with Crippen molar-refractivity contribution in [1.29, 1.82) is 0 Å². The normalized spacial score (nSPS) is 11.5. The Balaban J connectivity index is 1.74. The lowest BCUT2D eigenvalue weighted by Crippen LogP contribution is -2.12. The zero-order valence-electron chi connectivity index (χ0n) is 19.2. The summed E-state index contributed by atoms with van der Waals surface area (Å²) in [6, 6.07) is 15.8. The maximum Gasteiger partial charge on any atom is 0.229 e. The molecule has 0 saturated heterocycles. The van der Waals surface area contributed by atoms with Crippen LogP contribution in [-0.2, 0) is 4.57 Å². The number of nitrogens with zero attached hydrogens (tertiary/aromatic N) is 2. The third kappa shape index (κ3) is 4.82. The fourth-order valence-corrected chi connectivity index (χ4v) is 5.39. The van der Waals surface area contributed by atoms with Gasteiger partial charge < -0.3 is 19.9 Å². The topological polar surface area (TPSA) is 76.1 Å². The van der Waals surface area contributed by atoms with Crippen molar-refractivity contribution in [2.24, 2.45) is 0 Å². The fraction of sp³-hybridized carbons (Fsp3) is 0.200. The molecule has 8 heteroatoms. The molecule has 4 rings (SSSR count). The molecule has 0 atom stereocenters. The van der Waals surface area contributed by atoms with Gasteiger partial charge in [0.25, 0.3) is 0 Å². The lowest BCUT2D eigenvalue weighted by Gasteiger charge is -2.18. The first-order chi connectivity index (χ1) is 15.7. The number of rotatable bonds is 6. The van der Waals surface area contributed by atoms with Gasteiger partial charge >= 0.3 is 0 Å². The Morgan fingerprint density at radius 1 is 0.970 bits per heavy atom. The highest BCUT2D eigenvalue weighted by atomic mass is 35.5. The molecule has 0 fully saturated rings. The zero-order chi connectivity index (χ0) is 23.8. The second-order valence-corrected chi connectivity index (χ2v) is 11.9. The van der Waals surface area contributed by atoms with Crippen molar-refractivity contribution in [3.05, 3.63) is 70.9 Å². The average molecular weight is 481 g/mol. The Morgan fingerprint density at radius 2 is 1.70 bits per heavy atom. The molecule has 6 nitrogen and oxygen atoms in total. The number of anilines is 4. The molecule has 2 N–H and O–H groups in total. The van der Waals surface area contributed by atoms with Crippen molar-refractivity contribution in [2.75, 3.05) is 31.1 Å². The van der Waals surface area contributed by atoms with Crippen molar-refractivity contribution in [3.8, 4) is 5.75 Å². The van der Waals surface area contributed by atoms with Crippen molar-refractivity contribution < 1.29 is 9.30 Å². The average Bonchev–Trinajstić information content (AvgIpc) is 2.77. The highest BCUT2D eigenvalue weighted by Gasteiger charge is 2.21. The van der Waals surface area contributed by atoms with Crippen LogP contribution in [0, 0.1) is 13.8 Å². The van der Waals surface area contributed by atoms with Gasteiger partial charge in [0, 0.05) is 5.30 Å². The number of ether oxygens (including phenoxy) is 1. The number of methoxy groups -OCH3 is 1. The molecule has 170 valence electrons. The van der Waals surface area contributed by atoms with E-state index in [1.807, 2.05) is 62.4 Å². The first-order valence-corrected chi connectivity index (χ1v) is 13.4. The molecule has 1 aromatic heterocycles. The number of aromatic nitrogens is 2. The van der Waals surface area contributed by atoms with Crippen LogP contribution in [0.3, 0.4) is 0 Å². The highest BCUT2D eigenvalue weighted by molar-refractivity contribution is 7.71. The molecule has 33 heavy (non-hydrogen) atoms. The molecule has 0 bridgehead atoms. The standard InChI is InChI=1S/C25H26ClN4O2P/c1-15-12-21(22(32-3)13-16(15)2)29-25-27-14-19(26)24(30-25)28-20-11-10-17-8-6-7-9-18(17)23(20)33(4,5)31/h6-14H,1-5H3,(H2,27,28,29,30). The number of halogens is 1. The number of fused-ring (bicyclic) bond motifs is 1. The minimum atomic E-state index is -2.62. The quantitative estimate of drug-likeness (QED) is 0.301. The molecule has 3 aromatic carbocycles. The molecule has 0 aliphatic carbocycles. The van der Waals surface area contributed by atoms with E-state index in [0.717, 1.165) is 32.9 Å². The number of benzene rings is 3. The number of hydrogen-bond donors (Lipinski definition) is 2. The summed E-state index contributed by atoms with van der Waals surface area (Å²) in [5.74, 6) is 1.48. The van der Waals surface area contributed by atoms with Crippen LogP contribution in [0.2, 0.25) is 5.02 Å². The fourth-order valence-electron chi connectivity index (χ4n) is 3.76. The summed E-state index contributed by atoms with van der Waals surface area (Å²) >= 11 is 6.43. The monoisotopic (exact) mass is 480 g/mol. The van der Waals surface area contributed by atoms with E-state index in [4.69, 9.17) is 16.3 Å². The summed E-state index contributed by atoms with van der Waals surface area (Å²) in [7, 11) is -0.997. The molecule has 0 radical (unpaired) electrons. The van der Waals surface area contributed by atoms with Crippen LogP contribution in [0.1, 0.15) is 11.1 Å². The van der Waals surface area contributed by atoms with E-state index in [9.17, 15) is 4.57 Å². The Kier molecular flexibility index (Phi) is 6.33. The van der Waals surface area contributed by atoms with E-state index >= 15 is 0 Å². The molecule has 1 heterocycles. The minimum absolute atomic E-state index is 0.355. The molecule has 0 aliphatic rings. The van der Waals surface area contributed by atoms with E-state index in [1.165, 1.54) is 6.20 Å². The second-order valence-electron chi connectivity index (χ2n) is 8.31. The molecular formula is C25H26ClN4O2P. The highest BCUT2D eigenvalue weighted by Crippen LogP contribution is 2.42. The van der Waals surface area contributed by atoms with Crippen LogP contribution in [0.5, 0.6) is 5.75 Å². The number of nitrogens with one attached hydrogen (secondary N) is 2. The van der Waals surface area contributed by atoms with Gasteiger partial charge in [-0.2, -0.15) is 4.98 Å². The Morgan fingerprint density at radius 3 is 2.42 bits per heavy atom. The van der Waals surface area contributed by atoms with E-state index in [1.54, 1.807) is 20.4 Å². The maximum absolute atomic E-state index is 13.2. The molecular weight excluding hydrogens is 455 g/mol. The smallest absolute Gasteiger partial charge is 0.229 e. The first kappa shape index (κ1) is 23.1. The largest absolute Gasteiger partial charge is 0.495 e. The molecule has 4 aromatic rings. The summed E-state index contributed by atoms with van der Waals surface area (Å²) in [5, 5.41) is 9.60. The van der Waals surface area contributed by atoms with Gasteiger partial charge in [0.1, 0.15) is 17.9 Å². The lowest BCUT2D eigenvalue weighted by molar-refractivity contribution is 0.416. The number of aryl methyl sites for hydroxylation is 2.